The van der Waals surface area contributed by atoms with Crippen LogP contribution in [0, 0.1) is 5.92 Å². The number of carboxylic acid groups (broad SMARTS) is 1. The second-order valence-electron chi connectivity index (χ2n) is 4.71. The Morgan fingerprint density at radius 2 is 2.11 bits per heavy atom. The van der Waals surface area contributed by atoms with Gasteiger partial charge >= 0.3 is 5.97 Å². The highest BCUT2D eigenvalue weighted by molar-refractivity contribution is 5.72. The van der Waals surface area contributed by atoms with Gasteiger partial charge in [0.05, 0.1) is 12.5 Å². The number of ether oxygens (including phenoxy) is 1. The first-order chi connectivity index (χ1) is 8.72. The highest BCUT2D eigenvalue weighted by Gasteiger charge is 2.38. The molecule has 0 bridgehead atoms. The monoisotopic (exact) mass is 249 g/mol. The van der Waals surface area contributed by atoms with Crippen molar-refractivity contribution in [3.8, 4) is 0 Å². The van der Waals surface area contributed by atoms with Crippen LogP contribution >= 0.6 is 0 Å². The van der Waals surface area contributed by atoms with E-state index in [0.717, 1.165) is 18.7 Å². The molecule has 0 unspecified atom stereocenters. The van der Waals surface area contributed by atoms with Crippen molar-refractivity contribution in [3.63, 3.8) is 0 Å². The van der Waals surface area contributed by atoms with Crippen LogP contribution in [0.3, 0.4) is 0 Å². The Kier molecular flexibility index (Phi) is 4.33. The molecule has 0 aromatic heterocycles. The Labute approximate surface area is 107 Å². The van der Waals surface area contributed by atoms with Gasteiger partial charge in [-0.2, -0.15) is 0 Å². The normalized spacial score (nSPS) is 24.3. The van der Waals surface area contributed by atoms with Gasteiger partial charge in [-0.3, -0.25) is 9.69 Å². The first-order valence-corrected chi connectivity index (χ1v) is 6.21. The smallest absolute Gasteiger partial charge is 0.308 e. The molecular weight excluding hydrogens is 230 g/mol. The van der Waals surface area contributed by atoms with Gasteiger partial charge < -0.3 is 9.84 Å². The molecule has 0 spiro atoms. The van der Waals surface area contributed by atoms with Crippen molar-refractivity contribution >= 4 is 5.97 Å². The molecule has 4 heteroatoms. The third-order valence-corrected chi connectivity index (χ3v) is 3.55. The molecule has 2 rings (SSSR count). The molecule has 1 N–H and O–H groups in total. The number of hydrogen-bond acceptors (Lipinski definition) is 3. The fourth-order valence-electron chi connectivity index (χ4n) is 2.58. The molecule has 0 saturated carbocycles. The molecule has 4 nitrogen and oxygen atoms in total. The molecule has 0 aliphatic carbocycles. The van der Waals surface area contributed by atoms with E-state index in [1.807, 2.05) is 30.3 Å². The van der Waals surface area contributed by atoms with E-state index in [1.54, 1.807) is 7.11 Å². The maximum Gasteiger partial charge on any atom is 0.308 e. The summed E-state index contributed by atoms with van der Waals surface area (Å²) in [5, 5.41) is 9.33. The Morgan fingerprint density at radius 1 is 1.39 bits per heavy atom. The van der Waals surface area contributed by atoms with Crippen LogP contribution in [0.5, 0.6) is 0 Å². The van der Waals surface area contributed by atoms with Gasteiger partial charge in [-0.15, -0.1) is 0 Å². The number of benzene rings is 1. The maximum atomic E-state index is 11.3. The van der Waals surface area contributed by atoms with Crippen molar-refractivity contribution in [2.24, 2.45) is 5.92 Å². The molecule has 1 saturated heterocycles. The zero-order chi connectivity index (χ0) is 13.0. The highest BCUT2D eigenvalue weighted by Crippen LogP contribution is 2.32. The van der Waals surface area contributed by atoms with E-state index >= 15 is 0 Å². The molecule has 0 radical (unpaired) electrons. The molecule has 1 fully saturated rings. The highest BCUT2D eigenvalue weighted by atomic mass is 16.5. The zero-order valence-corrected chi connectivity index (χ0v) is 10.6. The van der Waals surface area contributed by atoms with E-state index in [4.69, 9.17) is 4.74 Å². The number of nitrogens with zero attached hydrogens (tertiary/aromatic N) is 1. The number of methoxy groups -OCH3 is 1. The standard InChI is InChI=1S/C14H19NO3/c1-18-8-7-15-9-12(13(10-15)14(16)17)11-5-3-2-4-6-11/h2-6,12-13H,7-10H2,1H3,(H,16,17)/t12-,13+/m0/s1. The number of hydrogen-bond donors (Lipinski definition) is 1. The quantitative estimate of drug-likeness (QED) is 0.857. The van der Waals surface area contributed by atoms with Crippen LogP contribution in [0.25, 0.3) is 0 Å². The SMILES string of the molecule is COCCN1C[C@@H](C(=O)O)[C@H](c2ccccc2)C1. The van der Waals surface area contributed by atoms with Crippen LogP contribution < -0.4 is 0 Å². The predicted octanol–water partition coefficient (Wildman–Crippen LogP) is 1.43. The summed E-state index contributed by atoms with van der Waals surface area (Å²) >= 11 is 0. The minimum absolute atomic E-state index is 0.0838. The predicted molar refractivity (Wildman–Crippen MR) is 68.6 cm³/mol. The van der Waals surface area contributed by atoms with Crippen LogP contribution in [0.2, 0.25) is 0 Å². The van der Waals surface area contributed by atoms with Crippen molar-refractivity contribution in [1.29, 1.82) is 0 Å². The Balaban J connectivity index is 2.10. The zero-order valence-electron chi connectivity index (χ0n) is 10.6. The molecule has 1 heterocycles. The van der Waals surface area contributed by atoms with Crippen molar-refractivity contribution < 1.29 is 14.6 Å². The van der Waals surface area contributed by atoms with Gasteiger partial charge in [-0.1, -0.05) is 30.3 Å². The lowest BCUT2D eigenvalue weighted by atomic mass is 9.89. The van der Waals surface area contributed by atoms with Crippen molar-refractivity contribution in [1.82, 2.24) is 4.90 Å². The second kappa shape index (κ2) is 5.98. The van der Waals surface area contributed by atoms with E-state index in [0.29, 0.717) is 13.2 Å². The molecule has 2 atom stereocenters. The number of rotatable bonds is 5. The lowest BCUT2D eigenvalue weighted by Crippen LogP contribution is -2.26. The molecule has 1 aromatic rings. The van der Waals surface area contributed by atoms with E-state index in [9.17, 15) is 9.90 Å². The maximum absolute atomic E-state index is 11.3. The summed E-state index contributed by atoms with van der Waals surface area (Å²) in [5.41, 5.74) is 1.12. The fraction of sp³-hybridized carbons (Fsp3) is 0.500. The first-order valence-electron chi connectivity index (χ1n) is 6.21. The molecule has 98 valence electrons. The molecule has 18 heavy (non-hydrogen) atoms. The summed E-state index contributed by atoms with van der Waals surface area (Å²) in [6, 6.07) is 9.91. The van der Waals surface area contributed by atoms with Crippen LogP contribution in [0.4, 0.5) is 0 Å². The third kappa shape index (κ3) is 2.89. The van der Waals surface area contributed by atoms with Gasteiger partial charge in [0.2, 0.25) is 0 Å². The fourth-order valence-corrected chi connectivity index (χ4v) is 2.58. The average molecular weight is 249 g/mol. The van der Waals surface area contributed by atoms with Crippen molar-refractivity contribution in [2.45, 2.75) is 5.92 Å². The number of likely N-dealkylation sites (tertiary alicyclic amines) is 1. The summed E-state index contributed by atoms with van der Waals surface area (Å²) in [4.78, 5) is 13.5. The van der Waals surface area contributed by atoms with Gasteiger partial charge in [0, 0.05) is 32.7 Å². The molecule has 0 amide bonds. The summed E-state index contributed by atoms with van der Waals surface area (Å²) in [6.07, 6.45) is 0. The van der Waals surface area contributed by atoms with Crippen LogP contribution in [-0.4, -0.2) is 49.3 Å². The van der Waals surface area contributed by atoms with E-state index < -0.39 is 5.97 Å². The van der Waals surface area contributed by atoms with Crippen LogP contribution in [-0.2, 0) is 9.53 Å². The molecule has 1 aliphatic rings. The summed E-state index contributed by atoms with van der Waals surface area (Å²) in [7, 11) is 1.67. The van der Waals surface area contributed by atoms with Crippen LogP contribution in [0.1, 0.15) is 11.5 Å². The van der Waals surface area contributed by atoms with E-state index in [-0.39, 0.29) is 11.8 Å². The third-order valence-electron chi connectivity index (χ3n) is 3.55. The van der Waals surface area contributed by atoms with Gasteiger partial charge in [-0.25, -0.2) is 0 Å². The Morgan fingerprint density at radius 3 is 2.72 bits per heavy atom. The molecular formula is C14H19NO3. The number of aliphatic carboxylic acids is 1. The van der Waals surface area contributed by atoms with Gasteiger partial charge in [-0.05, 0) is 5.56 Å². The van der Waals surface area contributed by atoms with E-state index in [1.165, 1.54) is 0 Å². The summed E-state index contributed by atoms with van der Waals surface area (Å²) in [5.74, 6) is -0.936. The Hall–Kier alpha value is -1.39. The largest absolute Gasteiger partial charge is 0.481 e. The lowest BCUT2D eigenvalue weighted by Gasteiger charge is -2.15. The number of carboxylic acids is 1. The molecule has 1 aromatic carbocycles. The van der Waals surface area contributed by atoms with Gasteiger partial charge in [0.1, 0.15) is 0 Å². The second-order valence-corrected chi connectivity index (χ2v) is 4.71. The summed E-state index contributed by atoms with van der Waals surface area (Å²) < 4.78 is 5.05. The van der Waals surface area contributed by atoms with E-state index in [2.05, 4.69) is 4.90 Å². The first kappa shape index (κ1) is 13.1. The lowest BCUT2D eigenvalue weighted by molar-refractivity contribution is -0.141. The minimum atomic E-state index is -0.705. The van der Waals surface area contributed by atoms with Crippen molar-refractivity contribution in [3.05, 3.63) is 35.9 Å². The average Bonchev–Trinajstić information content (AvgIpc) is 2.82. The van der Waals surface area contributed by atoms with Crippen molar-refractivity contribution in [2.75, 3.05) is 33.4 Å². The Bertz CT molecular complexity index is 393. The van der Waals surface area contributed by atoms with Gasteiger partial charge in [0.25, 0.3) is 0 Å². The molecule has 1 aliphatic heterocycles. The summed E-state index contributed by atoms with van der Waals surface area (Å²) in [6.45, 7) is 2.85. The topological polar surface area (TPSA) is 49.8 Å². The van der Waals surface area contributed by atoms with Gasteiger partial charge in [0.15, 0.2) is 0 Å². The van der Waals surface area contributed by atoms with Crippen LogP contribution in [0.15, 0.2) is 30.3 Å². The number of carbonyl (C=O) groups is 1. The minimum Gasteiger partial charge on any atom is -0.481 e.